The van der Waals surface area contributed by atoms with Crippen molar-refractivity contribution in [3.05, 3.63) is 0 Å². The summed E-state index contributed by atoms with van der Waals surface area (Å²) in [5, 5.41) is 11.9. The summed E-state index contributed by atoms with van der Waals surface area (Å²) in [6.07, 6.45) is 3.83. The lowest BCUT2D eigenvalue weighted by Crippen LogP contribution is -2.41. The predicted molar refractivity (Wildman–Crippen MR) is 65.0 cm³/mol. The van der Waals surface area contributed by atoms with E-state index in [1.165, 1.54) is 0 Å². The van der Waals surface area contributed by atoms with Gasteiger partial charge < -0.3 is 15.2 Å². The van der Waals surface area contributed by atoms with Crippen LogP contribution in [0.15, 0.2) is 0 Å². The molecule has 0 aromatic carbocycles. The predicted octanol–water partition coefficient (Wildman–Crippen LogP) is 1.17. The van der Waals surface area contributed by atoms with E-state index in [0.29, 0.717) is 19.4 Å². The van der Waals surface area contributed by atoms with Gasteiger partial charge in [-0.2, -0.15) is 0 Å². The summed E-state index contributed by atoms with van der Waals surface area (Å²) in [6, 6.07) is 0.143. The zero-order valence-electron chi connectivity index (χ0n) is 10.7. The number of rotatable bonds is 3. The van der Waals surface area contributed by atoms with E-state index >= 15 is 0 Å². The number of nitrogens with one attached hydrogen (secondary N) is 1. The van der Waals surface area contributed by atoms with Gasteiger partial charge in [0.25, 0.3) is 0 Å². The third kappa shape index (κ3) is 3.22. The number of hydrogen-bond donors (Lipinski definition) is 2. The van der Waals surface area contributed by atoms with Crippen molar-refractivity contribution in [2.75, 3.05) is 6.61 Å². The molecule has 2 rings (SSSR count). The second-order valence-electron chi connectivity index (χ2n) is 5.47. The topological polar surface area (TPSA) is 75.6 Å². The standard InChI is InChI=1S/C13H21NO4/c1-8-6-10(7-18-8)12(15)14-11-4-2-9(3-5-11)13(16)17/h8-11H,2-7H2,1H3,(H,14,15)(H,16,17). The Kier molecular flexibility index (Phi) is 4.22. The normalized spacial score (nSPS) is 36.3. The first-order chi connectivity index (χ1) is 8.56. The fraction of sp³-hybridized carbons (Fsp3) is 0.846. The minimum absolute atomic E-state index is 0.0304. The average molecular weight is 255 g/mol. The summed E-state index contributed by atoms with van der Waals surface area (Å²) < 4.78 is 5.39. The molecular formula is C13H21NO4. The van der Waals surface area contributed by atoms with Gasteiger partial charge in [0, 0.05) is 6.04 Å². The number of carboxylic acid groups (broad SMARTS) is 1. The van der Waals surface area contributed by atoms with Crippen molar-refractivity contribution in [2.45, 2.75) is 51.2 Å². The van der Waals surface area contributed by atoms with Crippen LogP contribution in [0, 0.1) is 11.8 Å². The van der Waals surface area contributed by atoms with Gasteiger partial charge in [-0.15, -0.1) is 0 Å². The molecule has 0 radical (unpaired) electrons. The minimum Gasteiger partial charge on any atom is -0.481 e. The van der Waals surface area contributed by atoms with Crippen molar-refractivity contribution < 1.29 is 19.4 Å². The maximum absolute atomic E-state index is 12.0. The van der Waals surface area contributed by atoms with Crippen LogP contribution in [0.25, 0.3) is 0 Å². The highest BCUT2D eigenvalue weighted by Gasteiger charge is 2.31. The van der Waals surface area contributed by atoms with Gasteiger partial charge >= 0.3 is 5.97 Å². The number of amides is 1. The van der Waals surface area contributed by atoms with Gasteiger partial charge in [0.05, 0.1) is 24.5 Å². The SMILES string of the molecule is CC1CC(C(=O)NC2CCC(C(=O)O)CC2)CO1. The Morgan fingerprint density at radius 1 is 1.17 bits per heavy atom. The van der Waals surface area contributed by atoms with Crippen LogP contribution in [0.4, 0.5) is 0 Å². The van der Waals surface area contributed by atoms with Crippen molar-refractivity contribution in [3.63, 3.8) is 0 Å². The highest BCUT2D eigenvalue weighted by atomic mass is 16.5. The Balaban J connectivity index is 1.74. The second kappa shape index (κ2) is 5.69. The molecule has 0 aromatic heterocycles. The van der Waals surface area contributed by atoms with Crippen molar-refractivity contribution in [1.82, 2.24) is 5.32 Å². The molecule has 2 aliphatic rings. The third-order valence-electron chi connectivity index (χ3n) is 3.99. The van der Waals surface area contributed by atoms with E-state index in [9.17, 15) is 9.59 Å². The highest BCUT2D eigenvalue weighted by Crippen LogP contribution is 2.25. The lowest BCUT2D eigenvalue weighted by molar-refractivity contribution is -0.142. The van der Waals surface area contributed by atoms with Crippen LogP contribution in [-0.2, 0) is 14.3 Å². The van der Waals surface area contributed by atoms with Crippen LogP contribution in [0.2, 0.25) is 0 Å². The molecule has 2 unspecified atom stereocenters. The van der Waals surface area contributed by atoms with Gasteiger partial charge in [-0.1, -0.05) is 0 Å². The van der Waals surface area contributed by atoms with Crippen LogP contribution in [0.3, 0.4) is 0 Å². The number of carboxylic acids is 1. The van der Waals surface area contributed by atoms with E-state index in [0.717, 1.165) is 19.3 Å². The molecule has 1 amide bonds. The largest absolute Gasteiger partial charge is 0.481 e. The van der Waals surface area contributed by atoms with Crippen LogP contribution in [0.1, 0.15) is 39.0 Å². The fourth-order valence-corrected chi connectivity index (χ4v) is 2.80. The highest BCUT2D eigenvalue weighted by molar-refractivity contribution is 5.79. The molecule has 2 fully saturated rings. The Morgan fingerprint density at radius 3 is 2.33 bits per heavy atom. The number of carbonyl (C=O) groups is 2. The monoisotopic (exact) mass is 255 g/mol. The second-order valence-corrected chi connectivity index (χ2v) is 5.47. The maximum atomic E-state index is 12.0. The molecule has 1 aliphatic heterocycles. The number of ether oxygens (including phenoxy) is 1. The molecule has 102 valence electrons. The average Bonchev–Trinajstić information content (AvgIpc) is 2.76. The summed E-state index contributed by atoms with van der Waals surface area (Å²) in [5.74, 6) is -0.902. The smallest absolute Gasteiger partial charge is 0.306 e. The summed E-state index contributed by atoms with van der Waals surface area (Å²) in [7, 11) is 0. The Morgan fingerprint density at radius 2 is 1.83 bits per heavy atom. The quantitative estimate of drug-likeness (QED) is 0.793. The van der Waals surface area contributed by atoms with Gasteiger partial charge in [-0.25, -0.2) is 0 Å². The molecule has 2 atom stereocenters. The van der Waals surface area contributed by atoms with Gasteiger partial charge in [-0.05, 0) is 39.0 Å². The van der Waals surface area contributed by atoms with E-state index in [2.05, 4.69) is 5.32 Å². The summed E-state index contributed by atoms with van der Waals surface area (Å²) in [5.41, 5.74) is 0. The summed E-state index contributed by atoms with van der Waals surface area (Å²) >= 11 is 0. The summed E-state index contributed by atoms with van der Waals surface area (Å²) in [6.45, 7) is 2.49. The van der Waals surface area contributed by atoms with E-state index in [4.69, 9.17) is 9.84 Å². The number of hydrogen-bond acceptors (Lipinski definition) is 3. The van der Waals surface area contributed by atoms with Crippen molar-refractivity contribution in [3.8, 4) is 0 Å². The van der Waals surface area contributed by atoms with E-state index in [1.807, 2.05) is 6.92 Å². The van der Waals surface area contributed by atoms with Crippen molar-refractivity contribution >= 4 is 11.9 Å². The van der Waals surface area contributed by atoms with Crippen LogP contribution in [-0.4, -0.2) is 35.7 Å². The Bertz CT molecular complexity index is 323. The molecule has 2 N–H and O–H groups in total. The molecule has 0 aromatic rings. The minimum atomic E-state index is -0.710. The van der Waals surface area contributed by atoms with Crippen molar-refractivity contribution in [2.24, 2.45) is 11.8 Å². The molecule has 1 saturated carbocycles. The van der Waals surface area contributed by atoms with Crippen molar-refractivity contribution in [1.29, 1.82) is 0 Å². The molecule has 1 heterocycles. The molecule has 0 spiro atoms. The van der Waals surface area contributed by atoms with E-state index in [-0.39, 0.29) is 29.9 Å². The molecule has 0 bridgehead atoms. The Labute approximate surface area is 107 Å². The first-order valence-electron chi connectivity index (χ1n) is 6.71. The first-order valence-corrected chi connectivity index (χ1v) is 6.71. The Hall–Kier alpha value is -1.10. The third-order valence-corrected chi connectivity index (χ3v) is 3.99. The summed E-state index contributed by atoms with van der Waals surface area (Å²) in [4.78, 5) is 22.8. The van der Waals surface area contributed by atoms with Gasteiger partial charge in [0.2, 0.25) is 5.91 Å². The zero-order chi connectivity index (χ0) is 13.1. The van der Waals surface area contributed by atoms with Gasteiger partial charge in [0.15, 0.2) is 0 Å². The van der Waals surface area contributed by atoms with Crippen LogP contribution in [0.5, 0.6) is 0 Å². The number of carbonyl (C=O) groups excluding carboxylic acids is 1. The lowest BCUT2D eigenvalue weighted by Gasteiger charge is -2.27. The van der Waals surface area contributed by atoms with E-state index in [1.54, 1.807) is 0 Å². The maximum Gasteiger partial charge on any atom is 0.306 e. The zero-order valence-corrected chi connectivity index (χ0v) is 10.7. The fourth-order valence-electron chi connectivity index (χ4n) is 2.80. The molecule has 5 heteroatoms. The molecule has 1 saturated heterocycles. The van der Waals surface area contributed by atoms with Gasteiger partial charge in [-0.3, -0.25) is 9.59 Å². The van der Waals surface area contributed by atoms with Crippen LogP contribution >= 0.6 is 0 Å². The molecule has 5 nitrogen and oxygen atoms in total. The first kappa shape index (κ1) is 13.3. The molecule has 1 aliphatic carbocycles. The molecule has 18 heavy (non-hydrogen) atoms. The van der Waals surface area contributed by atoms with Gasteiger partial charge in [0.1, 0.15) is 0 Å². The lowest BCUT2D eigenvalue weighted by atomic mass is 9.86. The van der Waals surface area contributed by atoms with Crippen LogP contribution < -0.4 is 5.32 Å². The number of aliphatic carboxylic acids is 1. The van der Waals surface area contributed by atoms with E-state index < -0.39 is 5.97 Å². The molecular weight excluding hydrogens is 234 g/mol.